The summed E-state index contributed by atoms with van der Waals surface area (Å²) in [6.45, 7) is 9.49. The molecule has 1 heterocycles. The van der Waals surface area contributed by atoms with Gasteiger partial charge in [-0.1, -0.05) is 6.92 Å². The van der Waals surface area contributed by atoms with Crippen LogP contribution < -0.4 is 10.6 Å². The summed E-state index contributed by atoms with van der Waals surface area (Å²) in [6.07, 6.45) is 3.63. The Morgan fingerprint density at radius 3 is 2.86 bits per heavy atom. The van der Waals surface area contributed by atoms with E-state index in [2.05, 4.69) is 24.5 Å². The second kappa shape index (κ2) is 6.38. The van der Waals surface area contributed by atoms with Gasteiger partial charge >= 0.3 is 0 Å². The fourth-order valence-corrected chi connectivity index (χ4v) is 1.85. The highest BCUT2D eigenvalue weighted by atomic mass is 16.5. The van der Waals surface area contributed by atoms with Gasteiger partial charge in [0, 0.05) is 12.1 Å². The molecule has 1 rings (SSSR count). The minimum absolute atomic E-state index is 0.227. The third-order valence-electron chi connectivity index (χ3n) is 2.77. The van der Waals surface area contributed by atoms with Crippen LogP contribution in [0.1, 0.15) is 33.1 Å². The fourth-order valence-electron chi connectivity index (χ4n) is 1.85. The standard InChI is InChI=1S/C11H24N2O/c1-3-12-7-5-8-13-11(2)6-4-9-14-10-11/h12-13H,3-10H2,1-2H3. The number of hydrogen-bond acceptors (Lipinski definition) is 3. The van der Waals surface area contributed by atoms with Crippen LogP contribution in [0, 0.1) is 0 Å². The van der Waals surface area contributed by atoms with Crippen molar-refractivity contribution in [1.29, 1.82) is 0 Å². The smallest absolute Gasteiger partial charge is 0.0645 e. The molecule has 84 valence electrons. The molecule has 0 aromatic heterocycles. The molecule has 0 saturated carbocycles. The summed E-state index contributed by atoms with van der Waals surface area (Å²) in [6, 6.07) is 0. The van der Waals surface area contributed by atoms with Crippen molar-refractivity contribution in [2.75, 3.05) is 32.8 Å². The molecule has 1 aliphatic heterocycles. The van der Waals surface area contributed by atoms with E-state index in [1.807, 2.05) is 0 Å². The molecule has 1 atom stereocenters. The topological polar surface area (TPSA) is 33.3 Å². The van der Waals surface area contributed by atoms with Crippen LogP contribution in [-0.4, -0.2) is 38.4 Å². The maximum atomic E-state index is 5.49. The molecule has 1 fully saturated rings. The predicted octanol–water partition coefficient (Wildman–Crippen LogP) is 1.14. The quantitative estimate of drug-likeness (QED) is 0.631. The van der Waals surface area contributed by atoms with Gasteiger partial charge in [0.05, 0.1) is 6.61 Å². The van der Waals surface area contributed by atoms with Crippen molar-refractivity contribution in [3.63, 3.8) is 0 Å². The Labute approximate surface area is 87.6 Å². The average molecular weight is 200 g/mol. The molecule has 0 radical (unpaired) electrons. The lowest BCUT2D eigenvalue weighted by atomic mass is 9.95. The second-order valence-electron chi connectivity index (χ2n) is 4.35. The van der Waals surface area contributed by atoms with E-state index in [4.69, 9.17) is 4.74 Å². The summed E-state index contributed by atoms with van der Waals surface area (Å²) >= 11 is 0. The maximum absolute atomic E-state index is 5.49. The molecule has 0 aliphatic carbocycles. The van der Waals surface area contributed by atoms with E-state index < -0.39 is 0 Å². The lowest BCUT2D eigenvalue weighted by molar-refractivity contribution is 0.0287. The van der Waals surface area contributed by atoms with E-state index in [9.17, 15) is 0 Å². The highest BCUT2D eigenvalue weighted by molar-refractivity contribution is 4.85. The molecule has 1 aliphatic rings. The van der Waals surface area contributed by atoms with Crippen LogP contribution in [0.4, 0.5) is 0 Å². The van der Waals surface area contributed by atoms with Gasteiger partial charge in [0.15, 0.2) is 0 Å². The number of nitrogens with one attached hydrogen (secondary N) is 2. The largest absolute Gasteiger partial charge is 0.380 e. The van der Waals surface area contributed by atoms with Crippen molar-refractivity contribution in [1.82, 2.24) is 10.6 Å². The van der Waals surface area contributed by atoms with Gasteiger partial charge in [-0.3, -0.25) is 0 Å². The van der Waals surface area contributed by atoms with Crippen LogP contribution in [0.25, 0.3) is 0 Å². The first-order valence-electron chi connectivity index (χ1n) is 5.80. The van der Waals surface area contributed by atoms with Crippen molar-refractivity contribution in [2.45, 2.75) is 38.6 Å². The Morgan fingerprint density at radius 1 is 1.36 bits per heavy atom. The van der Waals surface area contributed by atoms with Crippen LogP contribution in [-0.2, 0) is 4.74 Å². The van der Waals surface area contributed by atoms with Crippen molar-refractivity contribution >= 4 is 0 Å². The molecule has 1 saturated heterocycles. The van der Waals surface area contributed by atoms with E-state index >= 15 is 0 Å². The van der Waals surface area contributed by atoms with Gasteiger partial charge in [-0.05, 0) is 45.8 Å². The van der Waals surface area contributed by atoms with E-state index in [0.717, 1.165) is 32.8 Å². The summed E-state index contributed by atoms with van der Waals surface area (Å²) < 4.78 is 5.49. The van der Waals surface area contributed by atoms with E-state index in [0.29, 0.717) is 0 Å². The van der Waals surface area contributed by atoms with Gasteiger partial charge in [-0.15, -0.1) is 0 Å². The first-order valence-corrected chi connectivity index (χ1v) is 5.80. The molecule has 0 aromatic carbocycles. The lowest BCUT2D eigenvalue weighted by Crippen LogP contribution is -2.49. The summed E-state index contributed by atoms with van der Waals surface area (Å²) in [4.78, 5) is 0. The molecule has 3 heteroatoms. The molecular weight excluding hydrogens is 176 g/mol. The van der Waals surface area contributed by atoms with Gasteiger partial charge in [0.1, 0.15) is 0 Å². The van der Waals surface area contributed by atoms with Crippen molar-refractivity contribution in [3.8, 4) is 0 Å². The van der Waals surface area contributed by atoms with E-state index in [-0.39, 0.29) is 5.54 Å². The van der Waals surface area contributed by atoms with Crippen LogP contribution in [0.5, 0.6) is 0 Å². The van der Waals surface area contributed by atoms with Crippen LogP contribution >= 0.6 is 0 Å². The zero-order valence-electron chi connectivity index (χ0n) is 9.57. The molecule has 0 aromatic rings. The zero-order chi connectivity index (χ0) is 10.3. The van der Waals surface area contributed by atoms with Crippen molar-refractivity contribution < 1.29 is 4.74 Å². The van der Waals surface area contributed by atoms with Gasteiger partial charge in [0.25, 0.3) is 0 Å². The molecule has 14 heavy (non-hydrogen) atoms. The molecular formula is C11H24N2O. The van der Waals surface area contributed by atoms with Gasteiger partial charge in [-0.2, -0.15) is 0 Å². The lowest BCUT2D eigenvalue weighted by Gasteiger charge is -2.34. The number of rotatable bonds is 6. The van der Waals surface area contributed by atoms with Crippen molar-refractivity contribution in [2.24, 2.45) is 0 Å². The maximum Gasteiger partial charge on any atom is 0.0645 e. The minimum Gasteiger partial charge on any atom is -0.380 e. The zero-order valence-corrected chi connectivity index (χ0v) is 9.57. The molecule has 2 N–H and O–H groups in total. The van der Waals surface area contributed by atoms with E-state index in [1.54, 1.807) is 0 Å². The minimum atomic E-state index is 0.227. The molecule has 0 amide bonds. The van der Waals surface area contributed by atoms with E-state index in [1.165, 1.54) is 19.3 Å². The molecule has 0 bridgehead atoms. The van der Waals surface area contributed by atoms with Gasteiger partial charge in [-0.25, -0.2) is 0 Å². The highest BCUT2D eigenvalue weighted by Gasteiger charge is 2.26. The van der Waals surface area contributed by atoms with Crippen LogP contribution in [0.3, 0.4) is 0 Å². The first-order chi connectivity index (χ1) is 6.77. The third-order valence-corrected chi connectivity index (χ3v) is 2.77. The summed E-state index contributed by atoms with van der Waals surface area (Å²) in [5.41, 5.74) is 0.227. The monoisotopic (exact) mass is 200 g/mol. The Hall–Kier alpha value is -0.120. The molecule has 1 unspecified atom stereocenters. The number of ether oxygens (including phenoxy) is 1. The van der Waals surface area contributed by atoms with Gasteiger partial charge in [0.2, 0.25) is 0 Å². The Bertz CT molecular complexity index is 144. The Morgan fingerprint density at radius 2 is 2.21 bits per heavy atom. The van der Waals surface area contributed by atoms with Crippen LogP contribution in [0.15, 0.2) is 0 Å². The van der Waals surface area contributed by atoms with Gasteiger partial charge < -0.3 is 15.4 Å². The summed E-state index contributed by atoms with van der Waals surface area (Å²) in [7, 11) is 0. The SMILES string of the molecule is CCNCCCNC1(C)CCCOC1. The summed E-state index contributed by atoms with van der Waals surface area (Å²) in [5, 5.41) is 6.92. The molecule has 0 spiro atoms. The second-order valence-corrected chi connectivity index (χ2v) is 4.35. The van der Waals surface area contributed by atoms with Crippen LogP contribution in [0.2, 0.25) is 0 Å². The first kappa shape index (κ1) is 12.0. The normalized spacial score (nSPS) is 27.9. The third kappa shape index (κ3) is 4.40. The highest BCUT2D eigenvalue weighted by Crippen LogP contribution is 2.17. The summed E-state index contributed by atoms with van der Waals surface area (Å²) in [5.74, 6) is 0. The Balaban J connectivity index is 2.03. The molecule has 3 nitrogen and oxygen atoms in total. The predicted molar refractivity (Wildman–Crippen MR) is 59.6 cm³/mol. The fraction of sp³-hybridized carbons (Fsp3) is 1.00. The average Bonchev–Trinajstić information content (AvgIpc) is 2.18. The van der Waals surface area contributed by atoms with Crippen molar-refractivity contribution in [3.05, 3.63) is 0 Å². The number of hydrogen-bond donors (Lipinski definition) is 2. The Kier molecular flexibility index (Phi) is 5.45.